The molecule has 7 nitrogen and oxygen atoms in total. The van der Waals surface area contributed by atoms with E-state index < -0.39 is 29.9 Å². The summed E-state index contributed by atoms with van der Waals surface area (Å²) in [7, 11) is 0. The molecule has 0 spiro atoms. The Balaban J connectivity index is 5.02. The summed E-state index contributed by atoms with van der Waals surface area (Å²) in [5, 5.41) is 0. The average molecular weight is 352 g/mol. The van der Waals surface area contributed by atoms with Gasteiger partial charge in [-0.25, -0.2) is 4.79 Å². The van der Waals surface area contributed by atoms with E-state index in [2.05, 4.69) is 17.9 Å². The fourth-order valence-corrected chi connectivity index (χ4v) is 2.20. The molecule has 0 aliphatic heterocycles. The third-order valence-electron chi connectivity index (χ3n) is 3.27. The Hall–Kier alpha value is -2.08. The number of ketones is 1. The average Bonchev–Trinajstić information content (AvgIpc) is 2.55. The summed E-state index contributed by atoms with van der Waals surface area (Å²) >= 11 is 0. The minimum Gasteiger partial charge on any atom is -0.453 e. The second-order valence-electron chi connectivity index (χ2n) is 6.11. The fraction of sp³-hybridized carbons (Fsp3) is 0.611. The standard InChI is InChI=1S/C18H28N2O5/c1-7-9-23-15(24-10-8-2)11-14(21)16(20-19)18(22)25-17(12(3)4)13(5)6/h7-8,12-13,15,17H,1-2,9-11H2,3-6H3. The molecule has 0 N–H and O–H groups in total. The van der Waals surface area contributed by atoms with E-state index in [0.29, 0.717) is 0 Å². The van der Waals surface area contributed by atoms with Crippen molar-refractivity contribution in [2.24, 2.45) is 11.8 Å². The first-order valence-electron chi connectivity index (χ1n) is 8.19. The van der Waals surface area contributed by atoms with Crippen LogP contribution in [0.15, 0.2) is 25.3 Å². The van der Waals surface area contributed by atoms with Crippen molar-refractivity contribution in [3.63, 3.8) is 0 Å². The van der Waals surface area contributed by atoms with E-state index in [4.69, 9.17) is 19.7 Å². The van der Waals surface area contributed by atoms with Gasteiger partial charge in [0.1, 0.15) is 6.10 Å². The number of ether oxygens (including phenoxy) is 3. The van der Waals surface area contributed by atoms with Gasteiger partial charge in [0.2, 0.25) is 0 Å². The third-order valence-corrected chi connectivity index (χ3v) is 3.27. The minimum atomic E-state index is -0.967. The highest BCUT2D eigenvalue weighted by Gasteiger charge is 2.36. The van der Waals surface area contributed by atoms with E-state index in [1.807, 2.05) is 27.7 Å². The lowest BCUT2D eigenvalue weighted by Gasteiger charge is -2.23. The molecule has 0 bridgehead atoms. The van der Waals surface area contributed by atoms with Crippen molar-refractivity contribution in [2.45, 2.75) is 46.5 Å². The Kier molecular flexibility index (Phi) is 11.3. The van der Waals surface area contributed by atoms with Crippen LogP contribution in [0.4, 0.5) is 0 Å². The van der Waals surface area contributed by atoms with E-state index >= 15 is 0 Å². The molecule has 0 radical (unpaired) electrons. The molecule has 25 heavy (non-hydrogen) atoms. The maximum absolute atomic E-state index is 12.3. The first-order valence-corrected chi connectivity index (χ1v) is 8.19. The molecule has 0 saturated carbocycles. The lowest BCUT2D eigenvalue weighted by atomic mass is 9.96. The van der Waals surface area contributed by atoms with Crippen molar-refractivity contribution in [2.75, 3.05) is 13.2 Å². The Morgan fingerprint density at radius 3 is 1.88 bits per heavy atom. The molecule has 0 rings (SSSR count). The molecule has 0 fully saturated rings. The lowest BCUT2D eigenvalue weighted by molar-refractivity contribution is -0.154. The van der Waals surface area contributed by atoms with Gasteiger partial charge in [-0.1, -0.05) is 39.8 Å². The van der Waals surface area contributed by atoms with Crippen LogP contribution < -0.4 is 0 Å². The quantitative estimate of drug-likeness (QED) is 0.0965. The Bertz CT molecular complexity index is 502. The number of rotatable bonds is 13. The van der Waals surface area contributed by atoms with E-state index in [0.717, 1.165) is 0 Å². The molecule has 0 amide bonds. The lowest BCUT2D eigenvalue weighted by Crippen LogP contribution is -2.37. The van der Waals surface area contributed by atoms with Crippen molar-refractivity contribution < 1.29 is 28.6 Å². The highest BCUT2D eigenvalue weighted by Crippen LogP contribution is 2.16. The molecule has 0 aromatic heterocycles. The largest absolute Gasteiger partial charge is 0.453 e. The maximum atomic E-state index is 12.3. The van der Waals surface area contributed by atoms with Gasteiger partial charge in [0.05, 0.1) is 19.6 Å². The zero-order valence-corrected chi connectivity index (χ0v) is 15.4. The fourth-order valence-electron chi connectivity index (χ4n) is 2.20. The van der Waals surface area contributed by atoms with Crippen LogP contribution in [-0.4, -0.2) is 47.9 Å². The molecule has 0 aliphatic rings. The van der Waals surface area contributed by atoms with E-state index in [9.17, 15) is 9.59 Å². The van der Waals surface area contributed by atoms with Crippen LogP contribution in [0.1, 0.15) is 34.1 Å². The van der Waals surface area contributed by atoms with Crippen LogP contribution in [0.2, 0.25) is 0 Å². The van der Waals surface area contributed by atoms with Gasteiger partial charge in [-0.2, -0.15) is 4.79 Å². The molecule has 7 heteroatoms. The SMILES string of the molecule is C=CCOC(CC(=O)C(=[N+]=[N-])C(=O)OC(C(C)C)C(C)C)OCC=C. The number of nitrogens with zero attached hydrogens (tertiary/aromatic N) is 2. The van der Waals surface area contributed by atoms with Crippen LogP contribution in [0.5, 0.6) is 0 Å². The first kappa shape index (κ1) is 22.9. The van der Waals surface area contributed by atoms with Gasteiger partial charge in [0, 0.05) is 0 Å². The molecule has 140 valence electrons. The normalized spacial score (nSPS) is 10.9. The Labute approximate surface area is 149 Å². The second-order valence-corrected chi connectivity index (χ2v) is 6.11. The van der Waals surface area contributed by atoms with Crippen LogP contribution >= 0.6 is 0 Å². The van der Waals surface area contributed by atoms with Crippen LogP contribution in [-0.2, 0) is 23.8 Å². The number of hydrogen-bond acceptors (Lipinski definition) is 5. The molecule has 0 aromatic carbocycles. The molecule has 0 heterocycles. The zero-order valence-electron chi connectivity index (χ0n) is 15.4. The number of Topliss-reactive ketones (excluding diaryl/α,β-unsaturated/α-hetero) is 1. The second kappa shape index (κ2) is 12.3. The van der Waals surface area contributed by atoms with Crippen molar-refractivity contribution in [1.82, 2.24) is 0 Å². The Morgan fingerprint density at radius 2 is 1.52 bits per heavy atom. The van der Waals surface area contributed by atoms with Crippen molar-refractivity contribution in [1.29, 1.82) is 0 Å². The van der Waals surface area contributed by atoms with Crippen molar-refractivity contribution >= 4 is 17.5 Å². The Morgan fingerprint density at radius 1 is 1.04 bits per heavy atom. The van der Waals surface area contributed by atoms with Gasteiger partial charge in [-0.3, -0.25) is 4.79 Å². The zero-order chi connectivity index (χ0) is 19.4. The van der Waals surface area contributed by atoms with Crippen LogP contribution in [0.3, 0.4) is 0 Å². The number of carbonyl (C=O) groups excluding carboxylic acids is 2. The summed E-state index contributed by atoms with van der Waals surface area (Å²) in [5.74, 6) is -1.60. The highest BCUT2D eigenvalue weighted by atomic mass is 16.7. The molecule has 0 aromatic rings. The number of hydrogen-bond donors (Lipinski definition) is 0. The van der Waals surface area contributed by atoms with Gasteiger partial charge in [-0.05, 0) is 11.8 Å². The van der Waals surface area contributed by atoms with Gasteiger partial charge in [-0.15, -0.1) is 13.2 Å². The molecule has 0 unspecified atom stereocenters. The summed E-state index contributed by atoms with van der Waals surface area (Å²) in [6.07, 6.45) is 1.38. The predicted octanol–water partition coefficient (Wildman–Crippen LogP) is 2.57. The van der Waals surface area contributed by atoms with E-state index in [-0.39, 0.29) is 31.5 Å². The molecule has 0 saturated heterocycles. The monoisotopic (exact) mass is 352 g/mol. The number of esters is 1. The highest BCUT2D eigenvalue weighted by molar-refractivity contribution is 6.62. The van der Waals surface area contributed by atoms with Gasteiger partial charge >= 0.3 is 11.7 Å². The van der Waals surface area contributed by atoms with Crippen molar-refractivity contribution in [3.8, 4) is 0 Å². The van der Waals surface area contributed by atoms with Crippen LogP contribution in [0.25, 0.3) is 5.53 Å². The minimum absolute atomic E-state index is 0.0543. The maximum Gasteiger partial charge on any atom is 0.441 e. The van der Waals surface area contributed by atoms with E-state index in [1.165, 1.54) is 12.2 Å². The smallest absolute Gasteiger partial charge is 0.441 e. The van der Waals surface area contributed by atoms with Gasteiger partial charge in [0.25, 0.3) is 5.78 Å². The van der Waals surface area contributed by atoms with Gasteiger partial charge < -0.3 is 19.7 Å². The summed E-state index contributed by atoms with van der Waals surface area (Å²) in [5.41, 5.74) is 8.39. The topological polar surface area (TPSA) is 98.2 Å². The summed E-state index contributed by atoms with van der Waals surface area (Å²) in [6, 6.07) is 0. The van der Waals surface area contributed by atoms with Gasteiger partial charge in [0.15, 0.2) is 6.29 Å². The summed E-state index contributed by atoms with van der Waals surface area (Å²) < 4.78 is 15.9. The van der Waals surface area contributed by atoms with E-state index in [1.54, 1.807) is 0 Å². The third kappa shape index (κ3) is 8.54. The number of carbonyl (C=O) groups is 2. The molecule has 0 atom stereocenters. The summed E-state index contributed by atoms with van der Waals surface area (Å²) in [6.45, 7) is 15.0. The predicted molar refractivity (Wildman–Crippen MR) is 93.9 cm³/mol. The molecular formula is C18H28N2O5. The molecular weight excluding hydrogens is 324 g/mol. The molecule has 0 aliphatic carbocycles. The van der Waals surface area contributed by atoms with Crippen molar-refractivity contribution in [3.05, 3.63) is 30.8 Å². The summed E-state index contributed by atoms with van der Waals surface area (Å²) in [4.78, 5) is 27.3. The van der Waals surface area contributed by atoms with Crippen LogP contribution in [0, 0.1) is 11.8 Å². The first-order chi connectivity index (χ1) is 11.8.